The minimum absolute atomic E-state index is 0.108. The Morgan fingerprint density at radius 1 is 1.22 bits per heavy atom. The van der Waals surface area contributed by atoms with Gasteiger partial charge >= 0.3 is 0 Å². The second-order valence-corrected chi connectivity index (χ2v) is 8.45. The van der Waals surface area contributed by atoms with Crippen molar-refractivity contribution < 1.29 is 13.2 Å². The van der Waals surface area contributed by atoms with Gasteiger partial charge in [-0.2, -0.15) is 0 Å². The first-order valence-electron chi connectivity index (χ1n) is 7.82. The average molecular weight is 359 g/mol. The SMILES string of the molecule is CC(C)[C@@H](NS(=O)(=O)Cc1ccc(Cl)cc1)C(=O)N1CCCC1. The maximum atomic E-state index is 12.5. The number of rotatable bonds is 6. The Kier molecular flexibility index (Phi) is 6.06. The molecule has 23 heavy (non-hydrogen) atoms. The molecule has 0 unspecified atom stereocenters. The molecule has 0 aliphatic carbocycles. The molecule has 1 aliphatic heterocycles. The summed E-state index contributed by atoms with van der Waals surface area (Å²) in [7, 11) is -3.61. The quantitative estimate of drug-likeness (QED) is 0.849. The molecule has 1 atom stereocenters. The summed E-state index contributed by atoms with van der Waals surface area (Å²) in [5.74, 6) is -0.402. The first-order valence-corrected chi connectivity index (χ1v) is 9.85. The van der Waals surface area contributed by atoms with Crippen LogP contribution in [0.25, 0.3) is 0 Å². The summed E-state index contributed by atoms with van der Waals surface area (Å²) in [5, 5.41) is 0.559. The lowest BCUT2D eigenvalue weighted by Crippen LogP contribution is -2.50. The van der Waals surface area contributed by atoms with Crippen LogP contribution < -0.4 is 4.72 Å². The maximum Gasteiger partial charge on any atom is 0.241 e. The minimum Gasteiger partial charge on any atom is -0.341 e. The number of carbonyl (C=O) groups excluding carboxylic acids is 1. The normalized spacial score (nSPS) is 16.8. The zero-order chi connectivity index (χ0) is 17.0. The molecular formula is C16H23ClN2O3S. The van der Waals surface area contributed by atoms with E-state index in [1.165, 1.54) is 0 Å². The highest BCUT2D eigenvalue weighted by Gasteiger charge is 2.32. The number of hydrogen-bond acceptors (Lipinski definition) is 3. The van der Waals surface area contributed by atoms with Crippen LogP contribution in [0.4, 0.5) is 0 Å². The third-order valence-electron chi connectivity index (χ3n) is 3.93. The zero-order valence-corrected chi connectivity index (χ0v) is 15.0. The molecule has 0 saturated carbocycles. The predicted octanol–water partition coefficient (Wildman–Crippen LogP) is 2.41. The minimum atomic E-state index is -3.61. The lowest BCUT2D eigenvalue weighted by Gasteiger charge is -2.26. The van der Waals surface area contributed by atoms with Crippen molar-refractivity contribution in [1.29, 1.82) is 0 Å². The molecule has 0 spiro atoms. The van der Waals surface area contributed by atoms with Gasteiger partial charge in [-0.1, -0.05) is 37.6 Å². The van der Waals surface area contributed by atoms with E-state index in [4.69, 9.17) is 11.6 Å². The molecule has 1 aliphatic rings. The van der Waals surface area contributed by atoms with E-state index in [1.54, 1.807) is 29.2 Å². The van der Waals surface area contributed by atoms with E-state index in [9.17, 15) is 13.2 Å². The van der Waals surface area contributed by atoms with E-state index in [2.05, 4.69) is 4.72 Å². The van der Waals surface area contributed by atoms with Crippen molar-refractivity contribution in [2.45, 2.75) is 38.5 Å². The molecule has 1 aromatic carbocycles. The lowest BCUT2D eigenvalue weighted by molar-refractivity contribution is -0.132. The van der Waals surface area contributed by atoms with Crippen LogP contribution in [-0.4, -0.2) is 38.4 Å². The van der Waals surface area contributed by atoms with Crippen molar-refractivity contribution in [3.05, 3.63) is 34.9 Å². The van der Waals surface area contributed by atoms with E-state index in [0.29, 0.717) is 23.7 Å². The van der Waals surface area contributed by atoms with Crippen LogP contribution in [-0.2, 0) is 20.6 Å². The molecule has 0 bridgehead atoms. The summed E-state index contributed by atoms with van der Waals surface area (Å²) in [6.45, 7) is 5.12. The largest absolute Gasteiger partial charge is 0.341 e. The van der Waals surface area contributed by atoms with Crippen LogP contribution >= 0.6 is 11.6 Å². The fourth-order valence-corrected chi connectivity index (χ4v) is 4.24. The number of likely N-dealkylation sites (tertiary alicyclic amines) is 1. The van der Waals surface area contributed by atoms with Gasteiger partial charge in [-0.25, -0.2) is 13.1 Å². The second-order valence-electron chi connectivity index (χ2n) is 6.26. The van der Waals surface area contributed by atoms with Crippen LogP contribution in [0.5, 0.6) is 0 Å². The molecule has 1 heterocycles. The van der Waals surface area contributed by atoms with Gasteiger partial charge < -0.3 is 4.90 Å². The van der Waals surface area contributed by atoms with Crippen LogP contribution in [0.15, 0.2) is 24.3 Å². The van der Waals surface area contributed by atoms with Gasteiger partial charge in [-0.3, -0.25) is 4.79 Å². The Morgan fingerprint density at radius 2 is 1.78 bits per heavy atom. The number of amides is 1. The van der Waals surface area contributed by atoms with Gasteiger partial charge in [0.1, 0.15) is 6.04 Å². The van der Waals surface area contributed by atoms with Crippen molar-refractivity contribution in [2.24, 2.45) is 5.92 Å². The smallest absolute Gasteiger partial charge is 0.241 e. The van der Waals surface area contributed by atoms with Gasteiger partial charge in [0.05, 0.1) is 5.75 Å². The Hall–Kier alpha value is -1.11. The zero-order valence-electron chi connectivity index (χ0n) is 13.5. The van der Waals surface area contributed by atoms with Gasteiger partial charge in [0.2, 0.25) is 15.9 Å². The summed E-state index contributed by atoms with van der Waals surface area (Å²) < 4.78 is 27.4. The van der Waals surface area contributed by atoms with Crippen LogP contribution in [0.3, 0.4) is 0 Å². The maximum absolute atomic E-state index is 12.5. The van der Waals surface area contributed by atoms with E-state index in [1.807, 2.05) is 13.8 Å². The fourth-order valence-electron chi connectivity index (χ4n) is 2.64. The van der Waals surface area contributed by atoms with Crippen LogP contribution in [0.2, 0.25) is 5.02 Å². The summed E-state index contributed by atoms with van der Waals surface area (Å²) in [6.07, 6.45) is 1.96. The molecule has 2 rings (SSSR count). The van der Waals surface area contributed by atoms with Crippen molar-refractivity contribution in [3.63, 3.8) is 0 Å². The average Bonchev–Trinajstić information content (AvgIpc) is 3.00. The third kappa shape index (κ3) is 5.19. The Balaban J connectivity index is 2.08. The molecule has 1 N–H and O–H groups in total. The topological polar surface area (TPSA) is 66.5 Å². The van der Waals surface area contributed by atoms with Gasteiger partial charge in [0.15, 0.2) is 0 Å². The molecule has 0 radical (unpaired) electrons. The summed E-state index contributed by atoms with van der Waals surface area (Å²) in [4.78, 5) is 14.3. The monoisotopic (exact) mass is 358 g/mol. The molecule has 1 aromatic rings. The fraction of sp³-hybridized carbons (Fsp3) is 0.562. The summed E-state index contributed by atoms with van der Waals surface area (Å²) in [5.41, 5.74) is 0.637. The highest BCUT2D eigenvalue weighted by atomic mass is 35.5. The molecule has 1 saturated heterocycles. The van der Waals surface area contributed by atoms with Gasteiger partial charge in [-0.15, -0.1) is 0 Å². The lowest BCUT2D eigenvalue weighted by atomic mass is 10.0. The van der Waals surface area contributed by atoms with Gasteiger partial charge in [0, 0.05) is 18.1 Å². The van der Waals surface area contributed by atoms with Crippen molar-refractivity contribution in [1.82, 2.24) is 9.62 Å². The number of nitrogens with one attached hydrogen (secondary N) is 1. The van der Waals surface area contributed by atoms with Gasteiger partial charge in [-0.05, 0) is 36.5 Å². The molecule has 128 valence electrons. The van der Waals surface area contributed by atoms with E-state index in [-0.39, 0.29) is 17.6 Å². The van der Waals surface area contributed by atoms with E-state index < -0.39 is 16.1 Å². The van der Waals surface area contributed by atoms with Crippen molar-refractivity contribution in [3.8, 4) is 0 Å². The van der Waals surface area contributed by atoms with Crippen molar-refractivity contribution in [2.75, 3.05) is 13.1 Å². The first kappa shape index (κ1) is 18.2. The molecule has 5 nitrogen and oxygen atoms in total. The standard InChI is InChI=1S/C16H23ClN2O3S/c1-12(2)15(16(20)19-9-3-4-10-19)18-23(21,22)11-13-5-7-14(17)8-6-13/h5-8,12,15,18H,3-4,9-11H2,1-2H3/t15-/m1/s1. The molecule has 1 fully saturated rings. The van der Waals surface area contributed by atoms with Crippen LogP contribution in [0, 0.1) is 5.92 Å². The number of hydrogen-bond donors (Lipinski definition) is 1. The van der Waals surface area contributed by atoms with Crippen LogP contribution in [0.1, 0.15) is 32.3 Å². The Labute approximate surface area is 143 Å². The molecule has 1 amide bonds. The number of nitrogens with zero attached hydrogens (tertiary/aromatic N) is 1. The first-order chi connectivity index (χ1) is 10.8. The Bertz CT molecular complexity index is 638. The number of sulfonamides is 1. The number of halogens is 1. The third-order valence-corrected chi connectivity index (χ3v) is 5.51. The second kappa shape index (κ2) is 7.64. The summed E-state index contributed by atoms with van der Waals surface area (Å²) in [6, 6.07) is 5.94. The number of benzene rings is 1. The molecule has 7 heteroatoms. The molecular weight excluding hydrogens is 336 g/mol. The highest BCUT2D eigenvalue weighted by molar-refractivity contribution is 7.88. The molecule has 0 aromatic heterocycles. The Morgan fingerprint density at radius 3 is 2.30 bits per heavy atom. The van der Waals surface area contributed by atoms with Gasteiger partial charge in [0.25, 0.3) is 0 Å². The van der Waals surface area contributed by atoms with E-state index in [0.717, 1.165) is 12.8 Å². The summed E-state index contributed by atoms with van der Waals surface area (Å²) >= 11 is 5.81. The van der Waals surface area contributed by atoms with E-state index >= 15 is 0 Å². The highest BCUT2D eigenvalue weighted by Crippen LogP contribution is 2.16. The predicted molar refractivity (Wildman–Crippen MR) is 91.7 cm³/mol. The van der Waals surface area contributed by atoms with Crippen molar-refractivity contribution >= 4 is 27.5 Å². The number of carbonyl (C=O) groups is 1.